The molecule has 0 bridgehead atoms. The Hall–Kier alpha value is 0. The van der Waals surface area contributed by atoms with Gasteiger partial charge in [-0.1, -0.05) is 41.0 Å². The zero-order valence-corrected chi connectivity index (χ0v) is 10.8. The molecular formula is C14H28. The maximum atomic E-state index is 2.45. The molecule has 1 saturated carbocycles. The van der Waals surface area contributed by atoms with Gasteiger partial charge in [0.2, 0.25) is 0 Å². The molecule has 0 amide bonds. The third kappa shape index (κ3) is 3.63. The third-order valence-corrected chi connectivity index (χ3v) is 3.97. The van der Waals surface area contributed by atoms with Crippen LogP contribution in [0.3, 0.4) is 0 Å². The van der Waals surface area contributed by atoms with Crippen LogP contribution in [0.5, 0.6) is 0 Å². The van der Waals surface area contributed by atoms with Gasteiger partial charge in [0.15, 0.2) is 0 Å². The van der Waals surface area contributed by atoms with Crippen LogP contribution in [0.25, 0.3) is 0 Å². The van der Waals surface area contributed by atoms with E-state index >= 15 is 0 Å². The topological polar surface area (TPSA) is 0 Å². The van der Waals surface area contributed by atoms with Crippen molar-refractivity contribution in [2.24, 2.45) is 23.2 Å². The Kier molecular flexibility index (Phi) is 4.04. The van der Waals surface area contributed by atoms with Crippen molar-refractivity contribution in [3.63, 3.8) is 0 Å². The molecule has 0 heteroatoms. The fraction of sp³-hybridized carbons (Fsp3) is 1.00. The van der Waals surface area contributed by atoms with Crippen LogP contribution in [0.1, 0.15) is 66.7 Å². The van der Waals surface area contributed by atoms with Crippen LogP contribution in [0.4, 0.5) is 0 Å². The summed E-state index contributed by atoms with van der Waals surface area (Å²) < 4.78 is 0. The van der Waals surface area contributed by atoms with E-state index in [1.807, 2.05) is 0 Å². The summed E-state index contributed by atoms with van der Waals surface area (Å²) in [6, 6.07) is 0. The lowest BCUT2D eigenvalue weighted by Crippen LogP contribution is -2.07. The summed E-state index contributed by atoms with van der Waals surface area (Å²) >= 11 is 0. The molecule has 0 heterocycles. The first kappa shape index (κ1) is 12.1. The SMILES string of the molecule is CCC1CC(CCC(C)(C)C)CC1C. The summed E-state index contributed by atoms with van der Waals surface area (Å²) in [5.74, 6) is 3.05. The Labute approximate surface area is 90.5 Å². The van der Waals surface area contributed by atoms with Gasteiger partial charge < -0.3 is 0 Å². The quantitative estimate of drug-likeness (QED) is 0.603. The Morgan fingerprint density at radius 3 is 2.21 bits per heavy atom. The van der Waals surface area contributed by atoms with Gasteiger partial charge in [-0.3, -0.25) is 0 Å². The van der Waals surface area contributed by atoms with Crippen molar-refractivity contribution >= 4 is 0 Å². The maximum Gasteiger partial charge on any atom is -0.0383 e. The normalized spacial score (nSPS) is 33.6. The lowest BCUT2D eigenvalue weighted by atomic mass is 9.86. The van der Waals surface area contributed by atoms with Crippen LogP contribution < -0.4 is 0 Å². The summed E-state index contributed by atoms with van der Waals surface area (Å²) in [7, 11) is 0. The molecule has 0 saturated heterocycles. The van der Waals surface area contributed by atoms with Gasteiger partial charge in [-0.05, 0) is 48.9 Å². The van der Waals surface area contributed by atoms with Crippen molar-refractivity contribution in [2.45, 2.75) is 66.7 Å². The summed E-state index contributed by atoms with van der Waals surface area (Å²) in [6.07, 6.45) is 7.26. The van der Waals surface area contributed by atoms with Gasteiger partial charge in [0.1, 0.15) is 0 Å². The monoisotopic (exact) mass is 196 g/mol. The minimum Gasteiger partial charge on any atom is -0.0651 e. The third-order valence-electron chi connectivity index (χ3n) is 3.97. The van der Waals surface area contributed by atoms with E-state index in [0.29, 0.717) is 5.41 Å². The smallest absolute Gasteiger partial charge is 0.0383 e. The van der Waals surface area contributed by atoms with E-state index in [1.54, 1.807) is 0 Å². The second kappa shape index (κ2) is 4.68. The predicted octanol–water partition coefficient (Wildman–Crippen LogP) is 4.89. The number of hydrogen-bond donors (Lipinski definition) is 0. The Morgan fingerprint density at radius 1 is 1.14 bits per heavy atom. The average Bonchev–Trinajstić information content (AvgIpc) is 2.42. The molecule has 0 aromatic heterocycles. The molecule has 0 aromatic rings. The number of hydrogen-bond acceptors (Lipinski definition) is 0. The second-order valence-corrected chi connectivity index (χ2v) is 6.58. The van der Waals surface area contributed by atoms with Crippen LogP contribution in [-0.4, -0.2) is 0 Å². The molecule has 0 aromatic carbocycles. The second-order valence-electron chi connectivity index (χ2n) is 6.58. The van der Waals surface area contributed by atoms with Gasteiger partial charge in [-0.25, -0.2) is 0 Å². The van der Waals surface area contributed by atoms with Crippen molar-refractivity contribution < 1.29 is 0 Å². The van der Waals surface area contributed by atoms with Crippen molar-refractivity contribution in [3.8, 4) is 0 Å². The molecule has 0 radical (unpaired) electrons. The van der Waals surface area contributed by atoms with E-state index in [1.165, 1.54) is 32.1 Å². The van der Waals surface area contributed by atoms with Crippen molar-refractivity contribution in [1.82, 2.24) is 0 Å². The van der Waals surface area contributed by atoms with Gasteiger partial charge in [-0.2, -0.15) is 0 Å². The fourth-order valence-corrected chi connectivity index (χ4v) is 2.92. The molecule has 84 valence electrons. The fourth-order valence-electron chi connectivity index (χ4n) is 2.92. The Bertz CT molecular complexity index is 163. The largest absolute Gasteiger partial charge is 0.0651 e. The van der Waals surface area contributed by atoms with Crippen LogP contribution in [0.2, 0.25) is 0 Å². The van der Waals surface area contributed by atoms with Crippen LogP contribution in [0, 0.1) is 23.2 Å². The zero-order chi connectivity index (χ0) is 10.8. The average molecular weight is 196 g/mol. The first-order valence-corrected chi connectivity index (χ1v) is 6.42. The van der Waals surface area contributed by atoms with E-state index < -0.39 is 0 Å². The lowest BCUT2D eigenvalue weighted by Gasteiger charge is -2.20. The maximum absolute atomic E-state index is 2.45. The van der Waals surface area contributed by atoms with E-state index in [9.17, 15) is 0 Å². The van der Waals surface area contributed by atoms with Gasteiger partial charge >= 0.3 is 0 Å². The number of rotatable bonds is 3. The van der Waals surface area contributed by atoms with Gasteiger partial charge in [0.05, 0.1) is 0 Å². The highest BCUT2D eigenvalue weighted by Gasteiger charge is 2.30. The predicted molar refractivity (Wildman–Crippen MR) is 64.4 cm³/mol. The highest BCUT2D eigenvalue weighted by molar-refractivity contribution is 4.81. The van der Waals surface area contributed by atoms with Crippen molar-refractivity contribution in [1.29, 1.82) is 0 Å². The van der Waals surface area contributed by atoms with E-state index in [0.717, 1.165) is 17.8 Å². The highest BCUT2D eigenvalue weighted by atomic mass is 14.4. The van der Waals surface area contributed by atoms with Crippen LogP contribution in [0.15, 0.2) is 0 Å². The van der Waals surface area contributed by atoms with Crippen molar-refractivity contribution in [3.05, 3.63) is 0 Å². The zero-order valence-electron chi connectivity index (χ0n) is 10.8. The molecule has 1 aliphatic carbocycles. The molecule has 3 atom stereocenters. The minimum atomic E-state index is 0.535. The Morgan fingerprint density at radius 2 is 1.79 bits per heavy atom. The van der Waals surface area contributed by atoms with E-state index in [4.69, 9.17) is 0 Å². The molecule has 0 nitrogen and oxygen atoms in total. The van der Waals surface area contributed by atoms with E-state index in [2.05, 4.69) is 34.6 Å². The standard InChI is InChI=1S/C14H28/c1-6-13-10-12(9-11(13)2)7-8-14(3,4)5/h11-13H,6-10H2,1-5H3. The molecule has 3 unspecified atom stereocenters. The highest BCUT2D eigenvalue weighted by Crippen LogP contribution is 2.41. The first-order valence-electron chi connectivity index (χ1n) is 6.42. The molecule has 1 rings (SSSR count). The molecule has 0 aliphatic heterocycles. The summed E-state index contributed by atoms with van der Waals surface area (Å²) in [5.41, 5.74) is 0.535. The molecule has 0 spiro atoms. The van der Waals surface area contributed by atoms with Crippen molar-refractivity contribution in [2.75, 3.05) is 0 Å². The molecule has 1 fully saturated rings. The van der Waals surface area contributed by atoms with Crippen LogP contribution in [-0.2, 0) is 0 Å². The van der Waals surface area contributed by atoms with Crippen LogP contribution >= 0.6 is 0 Å². The minimum absolute atomic E-state index is 0.535. The summed E-state index contributed by atoms with van der Waals surface area (Å²) in [4.78, 5) is 0. The molecule has 1 aliphatic rings. The first-order chi connectivity index (χ1) is 6.42. The Balaban J connectivity index is 2.28. The molecule has 0 N–H and O–H groups in total. The molecular weight excluding hydrogens is 168 g/mol. The van der Waals surface area contributed by atoms with Gasteiger partial charge in [0.25, 0.3) is 0 Å². The summed E-state index contributed by atoms with van der Waals surface area (Å²) in [5, 5.41) is 0. The van der Waals surface area contributed by atoms with Gasteiger partial charge in [-0.15, -0.1) is 0 Å². The van der Waals surface area contributed by atoms with Gasteiger partial charge in [0, 0.05) is 0 Å². The summed E-state index contributed by atoms with van der Waals surface area (Å²) in [6.45, 7) is 11.9. The lowest BCUT2D eigenvalue weighted by molar-refractivity contribution is 0.318. The molecule has 14 heavy (non-hydrogen) atoms. The van der Waals surface area contributed by atoms with E-state index in [-0.39, 0.29) is 0 Å².